The summed E-state index contributed by atoms with van der Waals surface area (Å²) in [6.45, 7) is 21.8. The molecule has 0 bridgehead atoms. The maximum Gasteiger partial charge on any atom is 0.0585 e. The normalized spacial score (nSPS) is 25.2. The van der Waals surface area contributed by atoms with Crippen molar-refractivity contribution in [1.29, 1.82) is 0 Å². The fourth-order valence-corrected chi connectivity index (χ4v) is 6.26. The van der Waals surface area contributed by atoms with Crippen molar-refractivity contribution < 1.29 is 10.2 Å². The molecule has 0 amide bonds. The molecular weight excluding hydrogens is 500 g/mol. The molecule has 2 rings (SSSR count). The van der Waals surface area contributed by atoms with Crippen LogP contribution in [-0.4, -0.2) is 22.4 Å². The van der Waals surface area contributed by atoms with E-state index in [1.54, 1.807) is 0 Å². The molecule has 2 aliphatic carbocycles. The Bertz CT molecular complexity index is 1230. The topological polar surface area (TPSA) is 40.5 Å². The molecule has 2 nitrogen and oxygen atoms in total. The lowest BCUT2D eigenvalue weighted by Gasteiger charge is -2.37. The molecule has 41 heavy (non-hydrogen) atoms. The molecule has 0 spiro atoms. The highest BCUT2D eigenvalue weighted by molar-refractivity contribution is 5.38. The Kier molecular flexibility index (Phi) is 13.1. The summed E-state index contributed by atoms with van der Waals surface area (Å²) in [7, 11) is 0. The molecule has 2 atom stereocenters. The Morgan fingerprint density at radius 1 is 0.659 bits per heavy atom. The Labute approximate surface area is 251 Å². The Hall–Kier alpha value is -2.68. The van der Waals surface area contributed by atoms with Crippen molar-refractivity contribution in [3.8, 4) is 0 Å². The van der Waals surface area contributed by atoms with E-state index in [0.717, 1.165) is 32.1 Å². The second-order valence-corrected chi connectivity index (χ2v) is 13.7. The second-order valence-electron chi connectivity index (χ2n) is 13.7. The fraction of sp³-hybridized carbons (Fsp3) is 0.487. The van der Waals surface area contributed by atoms with Gasteiger partial charge in [-0.3, -0.25) is 0 Å². The SMILES string of the molecule is CC(=C/C=C/C(C)=C/C=C/C=C(C)/C=C/C=C(C)/C=C/C1=C(C)CC(O)CC1(C)C)CC1=C(C)CC(O)CC1(C)C. The summed E-state index contributed by atoms with van der Waals surface area (Å²) in [5, 5.41) is 20.2. The summed E-state index contributed by atoms with van der Waals surface area (Å²) in [6, 6.07) is 0. The number of aliphatic hydroxyl groups excluding tert-OH is 2. The van der Waals surface area contributed by atoms with Gasteiger partial charge in [0.15, 0.2) is 0 Å². The molecule has 0 fully saturated rings. The van der Waals surface area contributed by atoms with Crippen molar-refractivity contribution in [2.24, 2.45) is 10.8 Å². The van der Waals surface area contributed by atoms with Crippen LogP contribution in [-0.2, 0) is 0 Å². The molecule has 2 aliphatic rings. The first-order valence-corrected chi connectivity index (χ1v) is 15.2. The predicted octanol–water partition coefficient (Wildman–Crippen LogP) is 10.4. The standard InChI is InChI=1S/C39H56O2/c1-28(17-13-19-30(3)21-22-36-32(5)24-34(40)26-38(36,7)8)15-11-12-16-29(2)18-14-20-31(4)23-37-33(6)25-35(41)27-39(37,9)10/h11-22,34-35,40-41H,23-27H2,1-10H3/b12-11+,17-13+,18-14+,22-21+,28-15+,29-16+,30-19+,31-20?. The summed E-state index contributed by atoms with van der Waals surface area (Å²) in [4.78, 5) is 0. The first-order chi connectivity index (χ1) is 19.1. The van der Waals surface area contributed by atoms with Gasteiger partial charge in [-0.2, -0.15) is 0 Å². The third kappa shape index (κ3) is 11.6. The van der Waals surface area contributed by atoms with Crippen LogP contribution in [0.4, 0.5) is 0 Å². The molecular formula is C39H56O2. The minimum Gasteiger partial charge on any atom is -0.393 e. The first-order valence-electron chi connectivity index (χ1n) is 15.2. The second kappa shape index (κ2) is 15.5. The molecule has 2 heteroatoms. The van der Waals surface area contributed by atoms with Gasteiger partial charge in [-0.25, -0.2) is 0 Å². The van der Waals surface area contributed by atoms with Gasteiger partial charge >= 0.3 is 0 Å². The summed E-state index contributed by atoms with van der Waals surface area (Å²) in [6.07, 6.45) is 29.5. The van der Waals surface area contributed by atoms with E-state index in [-0.39, 0.29) is 23.0 Å². The van der Waals surface area contributed by atoms with Gasteiger partial charge in [-0.05, 0) is 90.0 Å². The molecule has 0 saturated carbocycles. The Balaban J connectivity index is 1.90. The zero-order valence-electron chi connectivity index (χ0n) is 27.5. The fourth-order valence-electron chi connectivity index (χ4n) is 6.26. The quantitative estimate of drug-likeness (QED) is 0.207. The van der Waals surface area contributed by atoms with Crippen molar-refractivity contribution in [1.82, 2.24) is 0 Å². The third-order valence-corrected chi connectivity index (χ3v) is 8.35. The summed E-state index contributed by atoms with van der Waals surface area (Å²) in [5.74, 6) is 0. The van der Waals surface area contributed by atoms with Gasteiger partial charge in [-0.15, -0.1) is 0 Å². The van der Waals surface area contributed by atoms with E-state index < -0.39 is 0 Å². The highest BCUT2D eigenvalue weighted by atomic mass is 16.3. The van der Waals surface area contributed by atoms with E-state index in [1.165, 1.54) is 44.6 Å². The van der Waals surface area contributed by atoms with Crippen LogP contribution in [0, 0.1) is 10.8 Å². The number of allylic oxidation sites excluding steroid dienone is 18. The van der Waals surface area contributed by atoms with Crippen molar-refractivity contribution >= 4 is 0 Å². The molecule has 2 unspecified atom stereocenters. The molecule has 0 aromatic carbocycles. The van der Waals surface area contributed by atoms with E-state index in [9.17, 15) is 10.2 Å². The highest BCUT2D eigenvalue weighted by Crippen LogP contribution is 2.43. The van der Waals surface area contributed by atoms with Crippen molar-refractivity contribution in [2.45, 2.75) is 114 Å². The predicted molar refractivity (Wildman–Crippen MR) is 180 cm³/mol. The van der Waals surface area contributed by atoms with Gasteiger partial charge in [0.2, 0.25) is 0 Å². The van der Waals surface area contributed by atoms with Gasteiger partial charge in [0.1, 0.15) is 0 Å². The number of rotatable bonds is 10. The molecule has 0 radical (unpaired) electrons. The lowest BCUT2D eigenvalue weighted by Crippen LogP contribution is -2.29. The van der Waals surface area contributed by atoms with Gasteiger partial charge in [-0.1, -0.05) is 140 Å². The summed E-state index contributed by atoms with van der Waals surface area (Å²) in [5.41, 5.74) is 10.5. The molecule has 0 aliphatic heterocycles. The molecule has 224 valence electrons. The van der Waals surface area contributed by atoms with Gasteiger partial charge in [0.25, 0.3) is 0 Å². The largest absolute Gasteiger partial charge is 0.393 e. The Morgan fingerprint density at radius 3 is 1.66 bits per heavy atom. The lowest BCUT2D eigenvalue weighted by atomic mass is 9.70. The highest BCUT2D eigenvalue weighted by Gasteiger charge is 2.33. The van der Waals surface area contributed by atoms with Crippen LogP contribution in [0.1, 0.15) is 101 Å². The van der Waals surface area contributed by atoms with Gasteiger partial charge < -0.3 is 10.2 Å². The monoisotopic (exact) mass is 556 g/mol. The van der Waals surface area contributed by atoms with Crippen molar-refractivity contribution in [3.05, 3.63) is 117 Å². The number of aliphatic hydroxyl groups is 2. The van der Waals surface area contributed by atoms with Crippen LogP contribution in [0.2, 0.25) is 0 Å². The van der Waals surface area contributed by atoms with Crippen LogP contribution in [0.15, 0.2) is 117 Å². The van der Waals surface area contributed by atoms with Crippen LogP contribution >= 0.6 is 0 Å². The van der Waals surface area contributed by atoms with Crippen LogP contribution in [0.5, 0.6) is 0 Å². The van der Waals surface area contributed by atoms with E-state index >= 15 is 0 Å². The maximum absolute atomic E-state index is 10.1. The smallest absolute Gasteiger partial charge is 0.0585 e. The Morgan fingerprint density at radius 2 is 1.12 bits per heavy atom. The van der Waals surface area contributed by atoms with Gasteiger partial charge in [0, 0.05) is 0 Å². The molecule has 0 heterocycles. The molecule has 0 saturated heterocycles. The summed E-state index contributed by atoms with van der Waals surface area (Å²) < 4.78 is 0. The van der Waals surface area contributed by atoms with Crippen molar-refractivity contribution in [2.75, 3.05) is 0 Å². The maximum atomic E-state index is 10.1. The third-order valence-electron chi connectivity index (χ3n) is 8.35. The van der Waals surface area contributed by atoms with E-state index in [4.69, 9.17) is 0 Å². The summed E-state index contributed by atoms with van der Waals surface area (Å²) >= 11 is 0. The average molecular weight is 557 g/mol. The number of hydrogen-bond donors (Lipinski definition) is 2. The number of hydrogen-bond acceptors (Lipinski definition) is 2. The van der Waals surface area contributed by atoms with Crippen molar-refractivity contribution in [3.63, 3.8) is 0 Å². The first kappa shape index (κ1) is 34.5. The minimum atomic E-state index is -0.225. The van der Waals surface area contributed by atoms with Crippen LogP contribution in [0.25, 0.3) is 0 Å². The van der Waals surface area contributed by atoms with Gasteiger partial charge in [0.05, 0.1) is 12.2 Å². The average Bonchev–Trinajstić information content (AvgIpc) is 2.82. The molecule has 0 aromatic heterocycles. The molecule has 0 aromatic rings. The lowest BCUT2D eigenvalue weighted by molar-refractivity contribution is 0.113. The zero-order valence-corrected chi connectivity index (χ0v) is 27.5. The van der Waals surface area contributed by atoms with E-state index in [2.05, 4.69) is 142 Å². The van der Waals surface area contributed by atoms with E-state index in [1.807, 2.05) is 0 Å². The zero-order chi connectivity index (χ0) is 30.8. The van der Waals surface area contributed by atoms with Crippen LogP contribution < -0.4 is 0 Å². The minimum absolute atomic E-state index is 0.00740. The van der Waals surface area contributed by atoms with E-state index in [0.29, 0.717) is 0 Å². The van der Waals surface area contributed by atoms with Crippen LogP contribution in [0.3, 0.4) is 0 Å². The molecule has 2 N–H and O–H groups in total.